The fourth-order valence-electron chi connectivity index (χ4n) is 2.48. The van der Waals surface area contributed by atoms with Gasteiger partial charge in [0.05, 0.1) is 18.3 Å². The van der Waals surface area contributed by atoms with Gasteiger partial charge >= 0.3 is 12.1 Å². The number of ether oxygens (including phenoxy) is 1. The Bertz CT molecular complexity index is 943. The van der Waals surface area contributed by atoms with Crippen molar-refractivity contribution < 1.29 is 22.7 Å². The van der Waals surface area contributed by atoms with E-state index in [4.69, 9.17) is 4.74 Å². The van der Waals surface area contributed by atoms with E-state index >= 15 is 0 Å². The maximum atomic E-state index is 12.7. The number of halogens is 3. The van der Waals surface area contributed by atoms with Crippen LogP contribution in [0.5, 0.6) is 0 Å². The van der Waals surface area contributed by atoms with E-state index in [2.05, 4.69) is 10.1 Å². The van der Waals surface area contributed by atoms with Crippen LogP contribution < -0.4 is 0 Å². The molecule has 1 aromatic carbocycles. The number of pyridine rings is 1. The van der Waals surface area contributed by atoms with E-state index < -0.39 is 17.8 Å². The molecule has 26 heavy (non-hydrogen) atoms. The maximum Gasteiger partial charge on any atom is 0.433 e. The molecule has 3 rings (SSSR count). The van der Waals surface area contributed by atoms with Crippen molar-refractivity contribution in [3.05, 3.63) is 65.6 Å². The van der Waals surface area contributed by atoms with Crippen molar-refractivity contribution in [1.82, 2.24) is 15.2 Å². The Kier molecular flexibility index (Phi) is 5.01. The van der Waals surface area contributed by atoms with Crippen LogP contribution in [-0.4, -0.2) is 27.8 Å². The number of nitrogens with zero attached hydrogens (tertiary/aromatic N) is 2. The van der Waals surface area contributed by atoms with Gasteiger partial charge in [-0.25, -0.2) is 4.79 Å². The number of alkyl halides is 3. The Labute approximate surface area is 146 Å². The van der Waals surface area contributed by atoms with Gasteiger partial charge in [-0.2, -0.15) is 18.3 Å². The van der Waals surface area contributed by atoms with Gasteiger partial charge in [-0.3, -0.25) is 10.1 Å². The number of aromatic amines is 1. The second kappa shape index (κ2) is 7.38. The molecule has 0 aliphatic rings. The molecule has 0 amide bonds. The molecule has 1 N–H and O–H groups in total. The molecule has 0 aliphatic carbocycles. The first-order valence-corrected chi connectivity index (χ1v) is 7.73. The number of para-hydroxylation sites is 1. The Morgan fingerprint density at radius 3 is 2.85 bits per heavy atom. The monoisotopic (exact) mass is 361 g/mol. The third-order valence-electron chi connectivity index (χ3n) is 3.68. The summed E-state index contributed by atoms with van der Waals surface area (Å²) >= 11 is 0. The Hall–Kier alpha value is -3.16. The molecule has 0 saturated carbocycles. The number of benzene rings is 1. The van der Waals surface area contributed by atoms with Crippen LogP contribution in [0, 0.1) is 0 Å². The fraction of sp³-hybridized carbons (Fsp3) is 0.167. The Morgan fingerprint density at radius 1 is 1.23 bits per heavy atom. The van der Waals surface area contributed by atoms with Gasteiger partial charge in [0.1, 0.15) is 5.69 Å². The van der Waals surface area contributed by atoms with E-state index in [1.807, 2.05) is 29.4 Å². The average Bonchev–Trinajstić information content (AvgIpc) is 3.09. The first-order chi connectivity index (χ1) is 12.4. The van der Waals surface area contributed by atoms with Gasteiger partial charge in [0.2, 0.25) is 0 Å². The molecule has 0 saturated heterocycles. The summed E-state index contributed by atoms with van der Waals surface area (Å²) in [6.45, 7) is -0.181. The molecule has 0 fully saturated rings. The topological polar surface area (TPSA) is 67.9 Å². The summed E-state index contributed by atoms with van der Waals surface area (Å²) in [6, 6.07) is 9.27. The summed E-state index contributed by atoms with van der Waals surface area (Å²) in [5.41, 5.74) is 0.514. The lowest BCUT2D eigenvalue weighted by molar-refractivity contribution is -0.141. The van der Waals surface area contributed by atoms with Gasteiger partial charge in [0.25, 0.3) is 0 Å². The summed E-state index contributed by atoms with van der Waals surface area (Å²) in [6.07, 6.45) is 0.924. The SMILES string of the molecule is O=C(/C=C/c1cccc2cccnc12)OCCc1cn[nH]c1C(F)(F)F. The van der Waals surface area contributed by atoms with Crippen LogP contribution in [-0.2, 0) is 22.1 Å². The van der Waals surface area contributed by atoms with Crippen molar-refractivity contribution in [2.24, 2.45) is 0 Å². The number of nitrogens with one attached hydrogen (secondary N) is 1. The van der Waals surface area contributed by atoms with E-state index in [0.717, 1.165) is 22.7 Å². The summed E-state index contributed by atoms with van der Waals surface area (Å²) in [5.74, 6) is -0.644. The number of fused-ring (bicyclic) bond motifs is 1. The Morgan fingerprint density at radius 2 is 2.04 bits per heavy atom. The molecule has 8 heteroatoms. The van der Waals surface area contributed by atoms with Crippen molar-refractivity contribution in [3.8, 4) is 0 Å². The third kappa shape index (κ3) is 4.08. The number of hydrogen-bond donors (Lipinski definition) is 1. The highest BCUT2D eigenvalue weighted by atomic mass is 19.4. The molecule has 5 nitrogen and oxygen atoms in total. The number of esters is 1. The van der Waals surface area contributed by atoms with E-state index in [9.17, 15) is 18.0 Å². The molecule has 3 aromatic rings. The van der Waals surface area contributed by atoms with Crippen LogP contribution in [0.1, 0.15) is 16.8 Å². The third-order valence-corrected chi connectivity index (χ3v) is 3.68. The zero-order chi connectivity index (χ0) is 18.6. The number of carbonyl (C=O) groups is 1. The minimum atomic E-state index is -4.52. The average molecular weight is 361 g/mol. The molecule has 0 atom stereocenters. The largest absolute Gasteiger partial charge is 0.462 e. The van der Waals surface area contributed by atoms with Crippen LogP contribution in [0.25, 0.3) is 17.0 Å². The van der Waals surface area contributed by atoms with E-state index in [0.29, 0.717) is 0 Å². The van der Waals surface area contributed by atoms with Crippen molar-refractivity contribution in [2.45, 2.75) is 12.6 Å². The van der Waals surface area contributed by atoms with Gasteiger partial charge in [0.15, 0.2) is 0 Å². The predicted octanol–water partition coefficient (Wildman–Crippen LogP) is 3.78. The van der Waals surface area contributed by atoms with Gasteiger partial charge in [-0.05, 0) is 12.1 Å². The van der Waals surface area contributed by atoms with Gasteiger partial charge < -0.3 is 4.74 Å². The summed E-state index contributed by atoms with van der Waals surface area (Å²) in [4.78, 5) is 16.1. The van der Waals surface area contributed by atoms with Gasteiger partial charge in [-0.15, -0.1) is 0 Å². The second-order valence-electron chi connectivity index (χ2n) is 5.44. The highest BCUT2D eigenvalue weighted by molar-refractivity contribution is 5.92. The molecular weight excluding hydrogens is 347 g/mol. The van der Waals surface area contributed by atoms with Crippen molar-refractivity contribution in [3.63, 3.8) is 0 Å². The molecule has 0 aliphatic heterocycles. The minimum absolute atomic E-state index is 0.0486. The molecule has 134 valence electrons. The molecule has 0 spiro atoms. The number of carbonyl (C=O) groups excluding carboxylic acids is 1. The highest BCUT2D eigenvalue weighted by Gasteiger charge is 2.35. The lowest BCUT2D eigenvalue weighted by atomic mass is 10.1. The van der Waals surface area contributed by atoms with E-state index in [1.54, 1.807) is 18.3 Å². The van der Waals surface area contributed by atoms with E-state index in [-0.39, 0.29) is 18.6 Å². The fourth-order valence-corrected chi connectivity index (χ4v) is 2.48. The standard InChI is InChI=1S/C18H14F3N3O2/c19-18(20,21)17-14(11-23-24-17)8-10-26-15(25)7-6-13-4-1-3-12-5-2-9-22-16(12)13/h1-7,9,11H,8,10H2,(H,23,24)/b7-6+. The molecule has 0 radical (unpaired) electrons. The Balaban J connectivity index is 1.59. The summed E-state index contributed by atoms with van der Waals surface area (Å²) < 4.78 is 43.1. The van der Waals surface area contributed by atoms with Crippen LogP contribution in [0.15, 0.2) is 48.8 Å². The van der Waals surface area contributed by atoms with Crippen molar-refractivity contribution >= 4 is 22.9 Å². The quantitative estimate of drug-likeness (QED) is 0.555. The van der Waals surface area contributed by atoms with Crippen molar-refractivity contribution in [1.29, 1.82) is 0 Å². The molecule has 2 heterocycles. The smallest absolute Gasteiger partial charge is 0.433 e. The highest BCUT2D eigenvalue weighted by Crippen LogP contribution is 2.30. The molecule has 0 bridgehead atoms. The van der Waals surface area contributed by atoms with Crippen LogP contribution in [0.2, 0.25) is 0 Å². The number of H-pyrrole nitrogens is 1. The lowest BCUT2D eigenvalue weighted by Gasteiger charge is -2.07. The molecular formula is C18H14F3N3O2. The van der Waals surface area contributed by atoms with Crippen molar-refractivity contribution in [2.75, 3.05) is 6.61 Å². The maximum absolute atomic E-state index is 12.7. The minimum Gasteiger partial charge on any atom is -0.462 e. The lowest BCUT2D eigenvalue weighted by Crippen LogP contribution is -2.11. The zero-order valence-corrected chi connectivity index (χ0v) is 13.5. The van der Waals surface area contributed by atoms with Crippen LogP contribution >= 0.6 is 0 Å². The number of rotatable bonds is 5. The molecule has 2 aromatic heterocycles. The second-order valence-corrected chi connectivity index (χ2v) is 5.44. The number of hydrogen-bond acceptors (Lipinski definition) is 4. The molecule has 0 unspecified atom stereocenters. The normalized spacial score (nSPS) is 12.0. The summed E-state index contributed by atoms with van der Waals surface area (Å²) in [5, 5.41) is 6.23. The first-order valence-electron chi connectivity index (χ1n) is 7.73. The first kappa shape index (κ1) is 17.7. The van der Waals surface area contributed by atoms with Gasteiger partial charge in [0, 0.05) is 35.2 Å². The van der Waals surface area contributed by atoms with Gasteiger partial charge in [-0.1, -0.05) is 24.3 Å². The van der Waals surface area contributed by atoms with Crippen LogP contribution in [0.3, 0.4) is 0 Å². The van der Waals surface area contributed by atoms with E-state index in [1.165, 1.54) is 6.08 Å². The van der Waals surface area contributed by atoms with Crippen LogP contribution in [0.4, 0.5) is 13.2 Å². The zero-order valence-electron chi connectivity index (χ0n) is 13.5. The number of aromatic nitrogens is 3. The summed E-state index contributed by atoms with van der Waals surface area (Å²) in [7, 11) is 0. The predicted molar refractivity (Wildman–Crippen MR) is 89.0 cm³/mol.